The SMILES string of the molecule is COC(=O)c1cc(O)c(C(=O)c2cccs2)s1. The normalized spacial score (nSPS) is 10.2. The first-order valence-electron chi connectivity index (χ1n) is 4.62. The second kappa shape index (κ2) is 4.68. The molecule has 0 aliphatic heterocycles. The van der Waals surface area contributed by atoms with Gasteiger partial charge in [0.15, 0.2) is 0 Å². The van der Waals surface area contributed by atoms with E-state index < -0.39 is 5.97 Å². The van der Waals surface area contributed by atoms with Crippen LogP contribution < -0.4 is 0 Å². The fraction of sp³-hybridized carbons (Fsp3) is 0.0909. The second-order valence-electron chi connectivity index (χ2n) is 3.12. The average molecular weight is 268 g/mol. The van der Waals surface area contributed by atoms with E-state index >= 15 is 0 Å². The Morgan fingerprint density at radius 3 is 2.71 bits per heavy atom. The summed E-state index contributed by atoms with van der Waals surface area (Å²) in [4.78, 5) is 24.1. The lowest BCUT2D eigenvalue weighted by Gasteiger charge is -1.94. The Labute approximate surface area is 105 Å². The molecule has 0 saturated heterocycles. The molecule has 0 spiro atoms. The largest absolute Gasteiger partial charge is 0.506 e. The molecule has 2 heterocycles. The first-order valence-corrected chi connectivity index (χ1v) is 6.32. The lowest BCUT2D eigenvalue weighted by Crippen LogP contribution is -1.97. The van der Waals surface area contributed by atoms with Crippen LogP contribution >= 0.6 is 22.7 Å². The molecule has 0 unspecified atom stereocenters. The fourth-order valence-electron chi connectivity index (χ4n) is 1.26. The molecule has 0 bridgehead atoms. The number of carbonyl (C=O) groups excluding carboxylic acids is 2. The van der Waals surface area contributed by atoms with Crippen molar-refractivity contribution in [1.82, 2.24) is 0 Å². The summed E-state index contributed by atoms with van der Waals surface area (Å²) >= 11 is 2.22. The van der Waals surface area contributed by atoms with Gasteiger partial charge in [0, 0.05) is 6.07 Å². The molecule has 0 amide bonds. The van der Waals surface area contributed by atoms with Gasteiger partial charge in [-0.1, -0.05) is 6.07 Å². The Kier molecular flexibility index (Phi) is 3.26. The third kappa shape index (κ3) is 2.22. The van der Waals surface area contributed by atoms with Gasteiger partial charge in [0.2, 0.25) is 5.78 Å². The van der Waals surface area contributed by atoms with Crippen molar-refractivity contribution in [2.75, 3.05) is 7.11 Å². The maximum atomic E-state index is 12.0. The van der Waals surface area contributed by atoms with E-state index in [1.165, 1.54) is 24.5 Å². The zero-order valence-electron chi connectivity index (χ0n) is 8.80. The summed E-state index contributed by atoms with van der Waals surface area (Å²) in [6, 6.07) is 4.67. The maximum absolute atomic E-state index is 12.0. The minimum atomic E-state index is -0.560. The van der Waals surface area contributed by atoms with Gasteiger partial charge in [0.1, 0.15) is 15.5 Å². The molecule has 0 aliphatic carbocycles. The van der Waals surface area contributed by atoms with Gasteiger partial charge in [-0.05, 0) is 11.4 Å². The molecule has 0 aliphatic rings. The number of aromatic hydroxyl groups is 1. The number of rotatable bonds is 3. The summed E-state index contributed by atoms with van der Waals surface area (Å²) in [5.74, 6) is -1.03. The molecule has 0 fully saturated rings. The molecule has 2 aromatic heterocycles. The predicted molar refractivity (Wildman–Crippen MR) is 65.1 cm³/mol. The Balaban J connectivity index is 2.37. The maximum Gasteiger partial charge on any atom is 0.348 e. The summed E-state index contributed by atoms with van der Waals surface area (Å²) in [5.41, 5.74) is 0. The van der Waals surface area contributed by atoms with Gasteiger partial charge in [0.25, 0.3) is 0 Å². The van der Waals surface area contributed by atoms with Crippen LogP contribution in [0.15, 0.2) is 23.6 Å². The number of ether oxygens (including phenoxy) is 1. The molecule has 0 atom stereocenters. The van der Waals surface area contributed by atoms with Gasteiger partial charge < -0.3 is 9.84 Å². The highest BCUT2D eigenvalue weighted by Crippen LogP contribution is 2.31. The zero-order valence-corrected chi connectivity index (χ0v) is 10.4. The number of thiophene rings is 2. The summed E-state index contributed by atoms with van der Waals surface area (Å²) in [7, 11) is 1.25. The van der Waals surface area contributed by atoms with Gasteiger partial charge in [-0.3, -0.25) is 4.79 Å². The van der Waals surface area contributed by atoms with Crippen molar-refractivity contribution >= 4 is 34.4 Å². The van der Waals surface area contributed by atoms with E-state index in [4.69, 9.17) is 0 Å². The first kappa shape index (κ1) is 11.8. The highest BCUT2D eigenvalue weighted by atomic mass is 32.1. The molecule has 4 nitrogen and oxygen atoms in total. The van der Waals surface area contributed by atoms with Crippen LogP contribution in [0.4, 0.5) is 0 Å². The Morgan fingerprint density at radius 2 is 2.12 bits per heavy atom. The van der Waals surface area contributed by atoms with Crippen LogP contribution in [-0.2, 0) is 4.74 Å². The van der Waals surface area contributed by atoms with Crippen LogP contribution in [0.25, 0.3) is 0 Å². The zero-order chi connectivity index (χ0) is 12.4. The summed E-state index contributed by atoms with van der Waals surface area (Å²) in [5, 5.41) is 11.4. The van der Waals surface area contributed by atoms with Crippen molar-refractivity contribution in [3.05, 3.63) is 38.2 Å². The molecule has 1 N–H and O–H groups in total. The molecule has 0 saturated carbocycles. The number of carbonyl (C=O) groups is 2. The van der Waals surface area contributed by atoms with Crippen molar-refractivity contribution in [3.63, 3.8) is 0 Å². The quantitative estimate of drug-likeness (QED) is 0.686. The van der Waals surface area contributed by atoms with Crippen LogP contribution in [0.1, 0.15) is 24.2 Å². The Bertz CT molecular complexity index is 554. The van der Waals surface area contributed by atoms with Crippen molar-refractivity contribution < 1.29 is 19.4 Å². The molecular formula is C11H8O4S2. The number of hydrogen-bond acceptors (Lipinski definition) is 6. The molecule has 88 valence electrons. The van der Waals surface area contributed by atoms with Crippen LogP contribution in [0, 0.1) is 0 Å². The van der Waals surface area contributed by atoms with E-state index in [1.54, 1.807) is 17.5 Å². The van der Waals surface area contributed by atoms with E-state index in [0.29, 0.717) is 4.88 Å². The topological polar surface area (TPSA) is 63.6 Å². The first-order chi connectivity index (χ1) is 8.13. The Morgan fingerprint density at radius 1 is 1.35 bits per heavy atom. The minimum absolute atomic E-state index is 0.160. The Hall–Kier alpha value is -1.66. The van der Waals surface area contributed by atoms with Gasteiger partial charge >= 0.3 is 5.97 Å². The molecule has 0 aromatic carbocycles. The number of esters is 1. The summed E-state index contributed by atoms with van der Waals surface area (Å²) in [6.45, 7) is 0. The highest BCUT2D eigenvalue weighted by Gasteiger charge is 2.21. The number of ketones is 1. The van der Waals surface area contributed by atoms with Crippen molar-refractivity contribution in [3.8, 4) is 5.75 Å². The van der Waals surface area contributed by atoms with Crippen LogP contribution in [0.2, 0.25) is 0 Å². The van der Waals surface area contributed by atoms with Crippen molar-refractivity contribution in [1.29, 1.82) is 0 Å². The van der Waals surface area contributed by atoms with Crippen LogP contribution in [0.3, 0.4) is 0 Å². The monoisotopic (exact) mass is 268 g/mol. The van der Waals surface area contributed by atoms with Gasteiger partial charge in [-0.25, -0.2) is 4.79 Å². The van der Waals surface area contributed by atoms with Gasteiger partial charge in [-0.15, -0.1) is 22.7 Å². The molecule has 6 heteroatoms. The molecule has 0 radical (unpaired) electrons. The molecule has 2 aromatic rings. The standard InChI is InChI=1S/C11H8O4S2/c1-15-11(14)8-5-6(12)10(17-8)9(13)7-3-2-4-16-7/h2-5,12H,1H3. The summed E-state index contributed by atoms with van der Waals surface area (Å²) in [6.07, 6.45) is 0. The molecular weight excluding hydrogens is 260 g/mol. The minimum Gasteiger partial charge on any atom is -0.506 e. The van der Waals surface area contributed by atoms with Gasteiger partial charge in [0.05, 0.1) is 12.0 Å². The van der Waals surface area contributed by atoms with E-state index in [-0.39, 0.29) is 21.3 Å². The van der Waals surface area contributed by atoms with E-state index in [1.807, 2.05) is 0 Å². The third-order valence-corrected chi connectivity index (χ3v) is 4.02. The van der Waals surface area contributed by atoms with Crippen molar-refractivity contribution in [2.45, 2.75) is 0 Å². The summed E-state index contributed by atoms with van der Waals surface area (Å²) < 4.78 is 4.53. The smallest absolute Gasteiger partial charge is 0.348 e. The highest BCUT2D eigenvalue weighted by molar-refractivity contribution is 7.18. The van der Waals surface area contributed by atoms with Gasteiger partial charge in [-0.2, -0.15) is 0 Å². The molecule has 17 heavy (non-hydrogen) atoms. The lowest BCUT2D eigenvalue weighted by atomic mass is 10.2. The van der Waals surface area contributed by atoms with Crippen LogP contribution in [0.5, 0.6) is 5.75 Å². The predicted octanol–water partition coefficient (Wildman–Crippen LogP) is 2.53. The lowest BCUT2D eigenvalue weighted by molar-refractivity contribution is 0.0606. The van der Waals surface area contributed by atoms with E-state index in [0.717, 1.165) is 11.3 Å². The van der Waals surface area contributed by atoms with E-state index in [2.05, 4.69) is 4.74 Å². The van der Waals surface area contributed by atoms with Crippen LogP contribution in [-0.4, -0.2) is 24.0 Å². The second-order valence-corrected chi connectivity index (χ2v) is 5.12. The molecule has 2 rings (SSSR count). The fourth-order valence-corrected chi connectivity index (χ4v) is 2.92. The van der Waals surface area contributed by atoms with E-state index in [9.17, 15) is 14.7 Å². The number of methoxy groups -OCH3 is 1. The third-order valence-electron chi connectivity index (χ3n) is 2.05. The average Bonchev–Trinajstić information content (AvgIpc) is 2.96. The number of hydrogen-bond donors (Lipinski definition) is 1. The van der Waals surface area contributed by atoms with Crippen molar-refractivity contribution in [2.24, 2.45) is 0 Å².